The van der Waals surface area contributed by atoms with Crippen LogP contribution < -0.4 is 10.7 Å². The zero-order valence-electron chi connectivity index (χ0n) is 14.3. The molecule has 0 radical (unpaired) electrons. The molecular formula is C17H15N5O4S. The number of nitro benzene ring substituents is 1. The van der Waals surface area contributed by atoms with Gasteiger partial charge >= 0.3 is 0 Å². The molecule has 0 saturated carbocycles. The van der Waals surface area contributed by atoms with Crippen molar-refractivity contribution in [3.8, 4) is 5.69 Å². The predicted molar refractivity (Wildman–Crippen MR) is 99.4 cm³/mol. The Balaban J connectivity index is 1.89. The molecule has 1 N–H and O–H groups in total. The largest absolute Gasteiger partial charge is 0.350 e. The van der Waals surface area contributed by atoms with E-state index in [1.54, 1.807) is 19.2 Å². The molecule has 2 heterocycles. The van der Waals surface area contributed by atoms with Gasteiger partial charge in [-0.3, -0.25) is 19.7 Å². The van der Waals surface area contributed by atoms with E-state index in [1.807, 2.05) is 5.38 Å². The van der Waals surface area contributed by atoms with Gasteiger partial charge in [0.15, 0.2) is 5.69 Å². The van der Waals surface area contributed by atoms with Crippen LogP contribution in [-0.4, -0.2) is 32.1 Å². The Kier molecular flexibility index (Phi) is 5.36. The van der Waals surface area contributed by atoms with Crippen LogP contribution in [0.2, 0.25) is 0 Å². The van der Waals surface area contributed by atoms with Gasteiger partial charge in [0.1, 0.15) is 5.69 Å². The number of para-hydroxylation sites is 2. The van der Waals surface area contributed by atoms with E-state index in [0.29, 0.717) is 18.7 Å². The van der Waals surface area contributed by atoms with Gasteiger partial charge in [0, 0.05) is 42.4 Å². The van der Waals surface area contributed by atoms with E-state index in [1.165, 1.54) is 40.3 Å². The SMILES string of the molecule is Cc1cc(=O)c(C(=O)NCCc2nccs2)nn1-c1ccccc1[N+](=O)[O-]. The molecule has 0 fully saturated rings. The number of benzene rings is 1. The molecule has 0 bridgehead atoms. The van der Waals surface area contributed by atoms with Crippen molar-refractivity contribution >= 4 is 22.9 Å². The second kappa shape index (κ2) is 7.87. The normalized spacial score (nSPS) is 10.6. The fraction of sp³-hybridized carbons (Fsp3) is 0.176. The second-order valence-electron chi connectivity index (χ2n) is 5.59. The molecule has 0 aliphatic carbocycles. The Labute approximate surface area is 157 Å². The number of rotatable bonds is 6. The maximum absolute atomic E-state index is 12.4. The highest BCUT2D eigenvalue weighted by atomic mass is 32.1. The molecule has 0 saturated heterocycles. The monoisotopic (exact) mass is 385 g/mol. The summed E-state index contributed by atoms with van der Waals surface area (Å²) in [5.74, 6) is -0.635. The first-order chi connectivity index (χ1) is 13.0. The summed E-state index contributed by atoms with van der Waals surface area (Å²) in [6, 6.07) is 7.23. The fourth-order valence-corrected chi connectivity index (χ4v) is 3.11. The number of hydrogen-bond acceptors (Lipinski definition) is 7. The number of nitrogens with zero attached hydrogens (tertiary/aromatic N) is 4. The molecule has 3 rings (SSSR count). The summed E-state index contributed by atoms with van der Waals surface area (Å²) < 4.78 is 1.23. The van der Waals surface area contributed by atoms with Crippen molar-refractivity contribution in [3.63, 3.8) is 0 Å². The smallest absolute Gasteiger partial charge is 0.294 e. The molecule has 9 nitrogen and oxygen atoms in total. The third kappa shape index (κ3) is 4.06. The van der Waals surface area contributed by atoms with Gasteiger partial charge in [-0.05, 0) is 13.0 Å². The van der Waals surface area contributed by atoms with Gasteiger partial charge in [-0.15, -0.1) is 11.3 Å². The number of carbonyl (C=O) groups is 1. The third-order valence-corrected chi connectivity index (χ3v) is 4.58. The van der Waals surface area contributed by atoms with E-state index >= 15 is 0 Å². The van der Waals surface area contributed by atoms with Crippen molar-refractivity contribution in [2.45, 2.75) is 13.3 Å². The molecule has 0 aliphatic rings. The van der Waals surface area contributed by atoms with Crippen LogP contribution in [0.15, 0.2) is 46.7 Å². The lowest BCUT2D eigenvalue weighted by atomic mass is 10.2. The first-order valence-electron chi connectivity index (χ1n) is 7.98. The number of aryl methyl sites for hydroxylation is 1. The highest BCUT2D eigenvalue weighted by Crippen LogP contribution is 2.22. The lowest BCUT2D eigenvalue weighted by molar-refractivity contribution is -0.384. The highest BCUT2D eigenvalue weighted by Gasteiger charge is 2.20. The number of nitro groups is 1. The Morgan fingerprint density at radius 1 is 1.37 bits per heavy atom. The van der Waals surface area contributed by atoms with Crippen LogP contribution in [0.4, 0.5) is 5.69 Å². The molecule has 27 heavy (non-hydrogen) atoms. The second-order valence-corrected chi connectivity index (χ2v) is 6.57. The van der Waals surface area contributed by atoms with Gasteiger partial charge in [-0.1, -0.05) is 12.1 Å². The minimum atomic E-state index is -0.635. The summed E-state index contributed by atoms with van der Waals surface area (Å²) in [5.41, 5.74) is -0.482. The van der Waals surface area contributed by atoms with Crippen LogP contribution in [-0.2, 0) is 6.42 Å². The van der Waals surface area contributed by atoms with Crippen LogP contribution in [0.3, 0.4) is 0 Å². The van der Waals surface area contributed by atoms with Gasteiger partial charge < -0.3 is 5.32 Å². The van der Waals surface area contributed by atoms with E-state index in [4.69, 9.17) is 0 Å². The summed E-state index contributed by atoms with van der Waals surface area (Å²) in [4.78, 5) is 39.4. The zero-order chi connectivity index (χ0) is 19.4. The fourth-order valence-electron chi connectivity index (χ4n) is 2.49. The molecule has 10 heteroatoms. The molecule has 1 amide bonds. The standard InChI is InChI=1S/C17H15N5O4S/c1-11-10-14(23)16(17(24)19-7-6-15-18-8-9-27-15)20-21(11)12-4-2-3-5-13(12)22(25)26/h2-5,8-10H,6-7H2,1H3,(H,19,24). The maximum Gasteiger partial charge on any atom is 0.294 e. The molecular weight excluding hydrogens is 370 g/mol. The Morgan fingerprint density at radius 3 is 2.85 bits per heavy atom. The van der Waals surface area contributed by atoms with E-state index < -0.39 is 16.3 Å². The van der Waals surface area contributed by atoms with Gasteiger partial charge in [-0.25, -0.2) is 9.67 Å². The van der Waals surface area contributed by atoms with Gasteiger partial charge in [0.25, 0.3) is 11.6 Å². The molecule has 2 aromatic heterocycles. The highest BCUT2D eigenvalue weighted by molar-refractivity contribution is 7.09. The van der Waals surface area contributed by atoms with Crippen molar-refractivity contribution in [2.75, 3.05) is 6.54 Å². The minimum Gasteiger partial charge on any atom is -0.350 e. The average Bonchev–Trinajstić information content (AvgIpc) is 3.15. The quantitative estimate of drug-likeness (QED) is 0.511. The number of aromatic nitrogens is 3. The molecule has 3 aromatic rings. The van der Waals surface area contributed by atoms with E-state index in [-0.39, 0.29) is 17.1 Å². The Hall–Kier alpha value is -3.40. The van der Waals surface area contributed by atoms with Gasteiger partial charge in [0.2, 0.25) is 5.43 Å². The molecule has 0 atom stereocenters. The summed E-state index contributed by atoms with van der Waals surface area (Å²) in [6.45, 7) is 1.89. The van der Waals surface area contributed by atoms with Gasteiger partial charge in [-0.2, -0.15) is 5.10 Å². The van der Waals surface area contributed by atoms with Crippen LogP contribution in [0.25, 0.3) is 5.69 Å². The van der Waals surface area contributed by atoms with Crippen molar-refractivity contribution in [3.05, 3.63) is 78.6 Å². The van der Waals surface area contributed by atoms with Crippen molar-refractivity contribution in [1.29, 1.82) is 0 Å². The van der Waals surface area contributed by atoms with E-state index in [0.717, 1.165) is 5.01 Å². The predicted octanol–water partition coefficient (Wildman–Crippen LogP) is 1.88. The lowest BCUT2D eigenvalue weighted by Crippen LogP contribution is -2.33. The maximum atomic E-state index is 12.4. The van der Waals surface area contributed by atoms with Crippen LogP contribution >= 0.6 is 11.3 Å². The molecule has 0 spiro atoms. The van der Waals surface area contributed by atoms with E-state index in [2.05, 4.69) is 15.4 Å². The summed E-state index contributed by atoms with van der Waals surface area (Å²) in [5, 5.41) is 20.7. The summed E-state index contributed by atoms with van der Waals surface area (Å²) >= 11 is 1.47. The number of thiazole rings is 1. The molecule has 1 aromatic carbocycles. The number of carbonyl (C=O) groups excluding carboxylic acids is 1. The molecule has 138 valence electrons. The van der Waals surface area contributed by atoms with Crippen molar-refractivity contribution in [2.24, 2.45) is 0 Å². The first-order valence-corrected chi connectivity index (χ1v) is 8.86. The summed E-state index contributed by atoms with van der Waals surface area (Å²) in [6.07, 6.45) is 2.21. The van der Waals surface area contributed by atoms with Crippen molar-refractivity contribution < 1.29 is 9.72 Å². The first kappa shape index (κ1) is 18.4. The minimum absolute atomic E-state index is 0.174. The Morgan fingerprint density at radius 2 is 2.15 bits per heavy atom. The number of amides is 1. The lowest BCUT2D eigenvalue weighted by Gasteiger charge is -2.11. The van der Waals surface area contributed by atoms with Crippen LogP contribution in [0.1, 0.15) is 21.2 Å². The average molecular weight is 385 g/mol. The molecule has 0 unspecified atom stereocenters. The Bertz CT molecular complexity index is 1050. The number of nitrogens with one attached hydrogen (secondary N) is 1. The number of hydrogen-bond donors (Lipinski definition) is 1. The van der Waals surface area contributed by atoms with Crippen molar-refractivity contribution in [1.82, 2.24) is 20.1 Å². The van der Waals surface area contributed by atoms with Crippen LogP contribution in [0.5, 0.6) is 0 Å². The van der Waals surface area contributed by atoms with Gasteiger partial charge in [0.05, 0.1) is 9.93 Å². The van der Waals surface area contributed by atoms with E-state index in [9.17, 15) is 19.7 Å². The topological polar surface area (TPSA) is 120 Å². The summed E-state index contributed by atoms with van der Waals surface area (Å²) in [7, 11) is 0. The molecule has 0 aliphatic heterocycles. The van der Waals surface area contributed by atoms with Crippen LogP contribution in [0, 0.1) is 17.0 Å². The zero-order valence-corrected chi connectivity index (χ0v) is 15.1. The third-order valence-electron chi connectivity index (χ3n) is 3.74.